The summed E-state index contributed by atoms with van der Waals surface area (Å²) in [5.74, 6) is -3.99. The molecule has 1 rings (SSSR count). The van der Waals surface area contributed by atoms with E-state index in [0.717, 1.165) is 5.56 Å². The summed E-state index contributed by atoms with van der Waals surface area (Å²) in [5.41, 5.74) is 11.2. The SMILES string of the molecule is CC(C)CC(NC(=O)CNC(=O)C(N)CC(N)=O)C(=O)NC(Cc1ccccc1)C(=O)O. The van der Waals surface area contributed by atoms with E-state index < -0.39 is 54.3 Å². The Bertz CT molecular complexity index is 814. The van der Waals surface area contributed by atoms with Gasteiger partial charge >= 0.3 is 5.97 Å². The summed E-state index contributed by atoms with van der Waals surface area (Å²) in [6.07, 6.45) is -0.0354. The Hall–Kier alpha value is -3.47. The van der Waals surface area contributed by atoms with Gasteiger partial charge in [0.1, 0.15) is 12.1 Å². The van der Waals surface area contributed by atoms with Crippen LogP contribution in [0.2, 0.25) is 0 Å². The number of hydrogen-bond donors (Lipinski definition) is 6. The van der Waals surface area contributed by atoms with Crippen LogP contribution in [0.5, 0.6) is 0 Å². The fourth-order valence-corrected chi connectivity index (χ4v) is 2.88. The van der Waals surface area contributed by atoms with Gasteiger partial charge in [-0.1, -0.05) is 44.2 Å². The summed E-state index contributed by atoms with van der Waals surface area (Å²) in [4.78, 5) is 59.2. The summed E-state index contributed by atoms with van der Waals surface area (Å²) in [6.45, 7) is 3.21. The van der Waals surface area contributed by atoms with E-state index in [1.54, 1.807) is 30.3 Å². The molecule has 0 saturated carbocycles. The van der Waals surface area contributed by atoms with Crippen LogP contribution in [0.3, 0.4) is 0 Å². The smallest absolute Gasteiger partial charge is 0.326 e. The fourth-order valence-electron chi connectivity index (χ4n) is 2.88. The molecule has 0 heterocycles. The first-order valence-electron chi connectivity index (χ1n) is 10.2. The molecule has 4 amide bonds. The average molecular weight is 450 g/mol. The maximum atomic E-state index is 12.7. The van der Waals surface area contributed by atoms with Gasteiger partial charge in [-0.3, -0.25) is 19.2 Å². The number of nitrogens with one attached hydrogen (secondary N) is 3. The van der Waals surface area contributed by atoms with Gasteiger partial charge in [0, 0.05) is 6.42 Å². The van der Waals surface area contributed by atoms with Crippen LogP contribution in [0.15, 0.2) is 30.3 Å². The second-order valence-corrected chi connectivity index (χ2v) is 7.83. The Labute approximate surface area is 186 Å². The van der Waals surface area contributed by atoms with Crippen molar-refractivity contribution in [1.82, 2.24) is 16.0 Å². The molecule has 0 radical (unpaired) electrons. The van der Waals surface area contributed by atoms with Crippen molar-refractivity contribution < 1.29 is 29.1 Å². The molecular formula is C21H31N5O6. The van der Waals surface area contributed by atoms with Gasteiger partial charge in [0.05, 0.1) is 19.0 Å². The second-order valence-electron chi connectivity index (χ2n) is 7.83. The first-order valence-corrected chi connectivity index (χ1v) is 10.2. The number of amides is 4. The number of carboxylic acids is 1. The summed E-state index contributed by atoms with van der Waals surface area (Å²) in [7, 11) is 0. The molecular weight excluding hydrogens is 418 g/mol. The van der Waals surface area contributed by atoms with Crippen LogP contribution >= 0.6 is 0 Å². The van der Waals surface area contributed by atoms with E-state index in [2.05, 4.69) is 16.0 Å². The van der Waals surface area contributed by atoms with Crippen LogP contribution < -0.4 is 27.4 Å². The molecule has 0 bridgehead atoms. The monoisotopic (exact) mass is 449 g/mol. The Balaban J connectivity index is 2.73. The molecule has 0 fully saturated rings. The van der Waals surface area contributed by atoms with E-state index in [-0.39, 0.29) is 25.2 Å². The number of benzene rings is 1. The normalized spacial score (nSPS) is 13.5. The molecule has 0 aromatic heterocycles. The third-order valence-electron chi connectivity index (χ3n) is 4.44. The lowest BCUT2D eigenvalue weighted by atomic mass is 10.0. The molecule has 176 valence electrons. The maximum Gasteiger partial charge on any atom is 0.326 e. The van der Waals surface area contributed by atoms with Crippen molar-refractivity contribution in [3.05, 3.63) is 35.9 Å². The topological polar surface area (TPSA) is 194 Å². The van der Waals surface area contributed by atoms with Crippen LogP contribution in [0.4, 0.5) is 0 Å². The van der Waals surface area contributed by atoms with Crippen molar-refractivity contribution in [2.75, 3.05) is 6.54 Å². The average Bonchev–Trinajstić information content (AvgIpc) is 2.70. The lowest BCUT2D eigenvalue weighted by Crippen LogP contribution is -2.54. The van der Waals surface area contributed by atoms with Crippen molar-refractivity contribution >= 4 is 29.6 Å². The van der Waals surface area contributed by atoms with Crippen molar-refractivity contribution in [2.24, 2.45) is 17.4 Å². The van der Waals surface area contributed by atoms with E-state index in [4.69, 9.17) is 11.5 Å². The van der Waals surface area contributed by atoms with Crippen LogP contribution in [0.1, 0.15) is 32.3 Å². The molecule has 3 unspecified atom stereocenters. The number of carbonyl (C=O) groups excluding carboxylic acids is 4. The molecule has 32 heavy (non-hydrogen) atoms. The number of carboxylic acid groups (broad SMARTS) is 1. The number of carbonyl (C=O) groups is 5. The zero-order valence-electron chi connectivity index (χ0n) is 18.2. The maximum absolute atomic E-state index is 12.7. The third-order valence-corrected chi connectivity index (χ3v) is 4.44. The standard InChI is InChI=1S/C21H31N5O6/c1-12(2)8-15(25-18(28)11-24-19(29)14(22)10-17(23)27)20(30)26-16(21(31)32)9-13-6-4-3-5-7-13/h3-7,12,14-16H,8-11,22H2,1-2H3,(H2,23,27)(H,24,29)(H,25,28)(H,26,30)(H,31,32). The van der Waals surface area contributed by atoms with Gasteiger partial charge in [0.15, 0.2) is 0 Å². The predicted molar refractivity (Wildman–Crippen MR) is 116 cm³/mol. The zero-order chi connectivity index (χ0) is 24.3. The third kappa shape index (κ3) is 10.0. The number of rotatable bonds is 13. The first-order chi connectivity index (χ1) is 15.0. The highest BCUT2D eigenvalue weighted by Gasteiger charge is 2.27. The second kappa shape index (κ2) is 13.1. The summed E-state index contributed by atoms with van der Waals surface area (Å²) >= 11 is 0. The molecule has 0 aliphatic carbocycles. The van der Waals surface area contributed by atoms with Crippen LogP contribution in [-0.2, 0) is 30.4 Å². The van der Waals surface area contributed by atoms with Gasteiger partial charge in [-0.15, -0.1) is 0 Å². The Morgan fingerprint density at radius 1 is 0.969 bits per heavy atom. The summed E-state index contributed by atoms with van der Waals surface area (Å²) in [6, 6.07) is 5.46. The lowest BCUT2D eigenvalue weighted by molar-refractivity contribution is -0.142. The van der Waals surface area contributed by atoms with E-state index in [9.17, 15) is 29.1 Å². The molecule has 3 atom stereocenters. The van der Waals surface area contributed by atoms with Crippen LogP contribution in [0, 0.1) is 5.92 Å². The highest BCUT2D eigenvalue weighted by molar-refractivity contribution is 5.93. The van der Waals surface area contributed by atoms with E-state index >= 15 is 0 Å². The van der Waals surface area contributed by atoms with Crippen LogP contribution in [0.25, 0.3) is 0 Å². The van der Waals surface area contributed by atoms with Crippen molar-refractivity contribution in [3.8, 4) is 0 Å². The molecule has 8 N–H and O–H groups in total. The van der Waals surface area contributed by atoms with Gasteiger partial charge in [-0.05, 0) is 17.9 Å². The quantitative estimate of drug-likeness (QED) is 0.214. The summed E-state index contributed by atoms with van der Waals surface area (Å²) in [5, 5.41) is 16.7. The fraction of sp³-hybridized carbons (Fsp3) is 0.476. The Morgan fingerprint density at radius 3 is 2.12 bits per heavy atom. The predicted octanol–water partition coefficient (Wildman–Crippen LogP) is -1.35. The Kier molecular flexibility index (Phi) is 10.8. The molecule has 0 saturated heterocycles. The van der Waals surface area contributed by atoms with Gasteiger partial charge in [-0.25, -0.2) is 4.79 Å². The van der Waals surface area contributed by atoms with E-state index in [1.165, 1.54) is 0 Å². The Morgan fingerprint density at radius 2 is 1.59 bits per heavy atom. The summed E-state index contributed by atoms with van der Waals surface area (Å²) < 4.78 is 0. The first kappa shape index (κ1) is 26.6. The van der Waals surface area contributed by atoms with Crippen molar-refractivity contribution in [3.63, 3.8) is 0 Å². The molecule has 1 aromatic rings. The molecule has 0 spiro atoms. The van der Waals surface area contributed by atoms with Crippen molar-refractivity contribution in [1.29, 1.82) is 0 Å². The van der Waals surface area contributed by atoms with E-state index in [0.29, 0.717) is 0 Å². The van der Waals surface area contributed by atoms with Gasteiger partial charge in [-0.2, -0.15) is 0 Å². The highest BCUT2D eigenvalue weighted by atomic mass is 16.4. The molecule has 0 aliphatic heterocycles. The number of hydrogen-bond acceptors (Lipinski definition) is 6. The minimum atomic E-state index is -1.20. The zero-order valence-corrected chi connectivity index (χ0v) is 18.2. The number of nitrogens with two attached hydrogens (primary N) is 2. The molecule has 11 heteroatoms. The number of aliphatic carboxylic acids is 1. The van der Waals surface area contributed by atoms with Crippen molar-refractivity contribution in [2.45, 2.75) is 51.2 Å². The number of primary amides is 1. The minimum absolute atomic E-state index is 0.0158. The molecule has 11 nitrogen and oxygen atoms in total. The highest BCUT2D eigenvalue weighted by Crippen LogP contribution is 2.08. The van der Waals surface area contributed by atoms with Crippen LogP contribution in [-0.4, -0.2) is 59.4 Å². The van der Waals surface area contributed by atoms with E-state index in [1.807, 2.05) is 13.8 Å². The van der Waals surface area contributed by atoms with Gasteiger partial charge < -0.3 is 32.5 Å². The molecule has 0 aliphatic rings. The minimum Gasteiger partial charge on any atom is -0.480 e. The largest absolute Gasteiger partial charge is 0.480 e. The molecule has 1 aromatic carbocycles. The lowest BCUT2D eigenvalue weighted by Gasteiger charge is -2.23. The van der Waals surface area contributed by atoms with Gasteiger partial charge in [0.25, 0.3) is 0 Å². The van der Waals surface area contributed by atoms with Gasteiger partial charge in [0.2, 0.25) is 23.6 Å².